The molecule has 0 radical (unpaired) electrons. The molecule has 76 valence electrons. The molecule has 1 saturated carbocycles. The Bertz CT molecular complexity index is 278. The number of hydrogen-bond donors (Lipinski definition) is 1. The first-order valence-corrected chi connectivity index (χ1v) is 5.40. The summed E-state index contributed by atoms with van der Waals surface area (Å²) < 4.78 is 0. The zero-order valence-electron chi connectivity index (χ0n) is 8.45. The topological polar surface area (TPSA) is 33.1 Å². The van der Waals surface area contributed by atoms with Crippen molar-refractivity contribution in [2.75, 3.05) is 0 Å². The van der Waals surface area contributed by atoms with Crippen molar-refractivity contribution in [1.29, 1.82) is 0 Å². The number of pyridine rings is 1. The standard InChI is InChI=1S/C12H17NO/c14-12(6-2-1-3-7-12)10-11-4-8-13-9-5-11/h4-5,8-9,14H,1-3,6-7,10H2. The zero-order valence-corrected chi connectivity index (χ0v) is 8.45. The molecule has 0 saturated heterocycles. The Labute approximate surface area is 85.0 Å². The van der Waals surface area contributed by atoms with Crippen LogP contribution in [0.4, 0.5) is 0 Å². The summed E-state index contributed by atoms with van der Waals surface area (Å²) in [5.41, 5.74) is 0.754. The summed E-state index contributed by atoms with van der Waals surface area (Å²) in [5, 5.41) is 10.3. The van der Waals surface area contributed by atoms with Crippen molar-refractivity contribution in [2.24, 2.45) is 0 Å². The minimum Gasteiger partial charge on any atom is -0.390 e. The van der Waals surface area contributed by atoms with E-state index in [9.17, 15) is 5.11 Å². The van der Waals surface area contributed by atoms with Gasteiger partial charge in [-0.2, -0.15) is 0 Å². The number of aliphatic hydroxyl groups is 1. The van der Waals surface area contributed by atoms with Crippen molar-refractivity contribution in [3.63, 3.8) is 0 Å². The van der Waals surface area contributed by atoms with Gasteiger partial charge in [0, 0.05) is 18.8 Å². The molecule has 1 aromatic heterocycles. The fourth-order valence-corrected chi connectivity index (χ4v) is 2.27. The van der Waals surface area contributed by atoms with E-state index in [4.69, 9.17) is 0 Å². The van der Waals surface area contributed by atoms with Gasteiger partial charge >= 0.3 is 0 Å². The third-order valence-electron chi connectivity index (χ3n) is 3.07. The molecule has 1 aromatic rings. The predicted octanol–water partition coefficient (Wildman–Crippen LogP) is 2.32. The molecule has 14 heavy (non-hydrogen) atoms. The van der Waals surface area contributed by atoms with Crippen molar-refractivity contribution in [3.05, 3.63) is 30.1 Å². The second-order valence-electron chi connectivity index (χ2n) is 4.32. The second-order valence-corrected chi connectivity index (χ2v) is 4.32. The molecule has 1 N–H and O–H groups in total. The van der Waals surface area contributed by atoms with Crippen molar-refractivity contribution >= 4 is 0 Å². The van der Waals surface area contributed by atoms with E-state index in [1.807, 2.05) is 12.1 Å². The van der Waals surface area contributed by atoms with Crippen molar-refractivity contribution < 1.29 is 5.11 Å². The van der Waals surface area contributed by atoms with Gasteiger partial charge < -0.3 is 5.11 Å². The molecule has 1 aliphatic carbocycles. The summed E-state index contributed by atoms with van der Waals surface area (Å²) in [5.74, 6) is 0. The minimum absolute atomic E-state index is 0.445. The fraction of sp³-hybridized carbons (Fsp3) is 0.583. The highest BCUT2D eigenvalue weighted by Gasteiger charge is 2.28. The molecule has 0 aromatic carbocycles. The molecule has 0 aliphatic heterocycles. The number of aromatic nitrogens is 1. The van der Waals surface area contributed by atoms with Gasteiger partial charge in [0.05, 0.1) is 5.60 Å². The Morgan fingerprint density at radius 2 is 1.79 bits per heavy atom. The van der Waals surface area contributed by atoms with E-state index in [1.54, 1.807) is 12.4 Å². The largest absolute Gasteiger partial charge is 0.390 e. The fourth-order valence-electron chi connectivity index (χ4n) is 2.27. The lowest BCUT2D eigenvalue weighted by Crippen LogP contribution is -2.33. The molecule has 1 aliphatic rings. The van der Waals surface area contributed by atoms with Gasteiger partial charge in [0.25, 0.3) is 0 Å². The molecule has 0 amide bonds. The molecule has 1 heterocycles. The van der Waals surface area contributed by atoms with Gasteiger partial charge in [-0.25, -0.2) is 0 Å². The summed E-state index contributed by atoms with van der Waals surface area (Å²) in [7, 11) is 0. The molecule has 0 atom stereocenters. The lowest BCUT2D eigenvalue weighted by molar-refractivity contribution is 0.00448. The van der Waals surface area contributed by atoms with E-state index in [1.165, 1.54) is 24.8 Å². The van der Waals surface area contributed by atoms with Gasteiger partial charge in [0.2, 0.25) is 0 Å². The van der Waals surface area contributed by atoms with Gasteiger partial charge in [0.15, 0.2) is 0 Å². The maximum absolute atomic E-state index is 10.3. The summed E-state index contributed by atoms with van der Waals surface area (Å²) in [6.45, 7) is 0. The smallest absolute Gasteiger partial charge is 0.0688 e. The van der Waals surface area contributed by atoms with E-state index in [0.717, 1.165) is 19.3 Å². The summed E-state index contributed by atoms with van der Waals surface area (Å²) in [6, 6.07) is 3.99. The Morgan fingerprint density at radius 3 is 2.43 bits per heavy atom. The first-order chi connectivity index (χ1) is 6.79. The van der Waals surface area contributed by atoms with Crippen LogP contribution in [-0.2, 0) is 6.42 Å². The molecule has 2 nitrogen and oxygen atoms in total. The van der Waals surface area contributed by atoms with Crippen LogP contribution in [0, 0.1) is 0 Å². The van der Waals surface area contributed by atoms with Crippen molar-refractivity contribution in [2.45, 2.75) is 44.1 Å². The Balaban J connectivity index is 2.02. The first kappa shape index (κ1) is 9.66. The van der Waals surface area contributed by atoms with Gasteiger partial charge in [-0.15, -0.1) is 0 Å². The van der Waals surface area contributed by atoms with Gasteiger partial charge in [-0.3, -0.25) is 4.98 Å². The molecule has 1 fully saturated rings. The van der Waals surface area contributed by atoms with Crippen molar-refractivity contribution in [3.8, 4) is 0 Å². The van der Waals surface area contributed by atoms with E-state index in [2.05, 4.69) is 4.98 Å². The van der Waals surface area contributed by atoms with Crippen LogP contribution < -0.4 is 0 Å². The minimum atomic E-state index is -0.445. The van der Waals surface area contributed by atoms with Gasteiger partial charge in [-0.05, 0) is 30.5 Å². The lowest BCUT2D eigenvalue weighted by Gasteiger charge is -2.32. The van der Waals surface area contributed by atoms with Crippen LogP contribution in [0.5, 0.6) is 0 Å². The first-order valence-electron chi connectivity index (χ1n) is 5.40. The third kappa shape index (κ3) is 2.32. The number of nitrogens with zero attached hydrogens (tertiary/aromatic N) is 1. The van der Waals surface area contributed by atoms with Crippen LogP contribution in [0.1, 0.15) is 37.7 Å². The molecule has 0 spiro atoms. The molecular formula is C12H17NO. The SMILES string of the molecule is OC1(Cc2ccncc2)CCCCC1. The van der Waals surface area contributed by atoms with Crippen LogP contribution in [0.2, 0.25) is 0 Å². The molecule has 2 heteroatoms. The predicted molar refractivity (Wildman–Crippen MR) is 56.0 cm³/mol. The molecule has 0 bridgehead atoms. The van der Waals surface area contributed by atoms with Crippen LogP contribution in [0.15, 0.2) is 24.5 Å². The maximum Gasteiger partial charge on any atom is 0.0688 e. The second kappa shape index (κ2) is 4.09. The zero-order chi connectivity index (χ0) is 9.86. The van der Waals surface area contributed by atoms with E-state index in [-0.39, 0.29) is 0 Å². The van der Waals surface area contributed by atoms with E-state index in [0.29, 0.717) is 0 Å². The van der Waals surface area contributed by atoms with Crippen molar-refractivity contribution in [1.82, 2.24) is 4.98 Å². The molecular weight excluding hydrogens is 174 g/mol. The Morgan fingerprint density at radius 1 is 1.14 bits per heavy atom. The highest BCUT2D eigenvalue weighted by Crippen LogP contribution is 2.30. The van der Waals surface area contributed by atoms with Gasteiger partial charge in [-0.1, -0.05) is 19.3 Å². The monoisotopic (exact) mass is 191 g/mol. The van der Waals surface area contributed by atoms with E-state index < -0.39 is 5.60 Å². The summed E-state index contributed by atoms with van der Waals surface area (Å²) in [4.78, 5) is 3.98. The number of rotatable bonds is 2. The summed E-state index contributed by atoms with van der Waals surface area (Å²) in [6.07, 6.45) is 9.89. The number of hydrogen-bond acceptors (Lipinski definition) is 2. The van der Waals surface area contributed by atoms with Gasteiger partial charge in [0.1, 0.15) is 0 Å². The third-order valence-corrected chi connectivity index (χ3v) is 3.07. The normalized spacial score (nSPS) is 20.6. The molecule has 0 unspecified atom stereocenters. The Kier molecular flexibility index (Phi) is 2.82. The quantitative estimate of drug-likeness (QED) is 0.778. The van der Waals surface area contributed by atoms with Crippen LogP contribution >= 0.6 is 0 Å². The average Bonchev–Trinajstić information content (AvgIpc) is 2.19. The van der Waals surface area contributed by atoms with E-state index >= 15 is 0 Å². The van der Waals surface area contributed by atoms with Crippen LogP contribution in [-0.4, -0.2) is 15.7 Å². The maximum atomic E-state index is 10.3. The van der Waals surface area contributed by atoms with Crippen LogP contribution in [0.3, 0.4) is 0 Å². The lowest BCUT2D eigenvalue weighted by atomic mass is 9.81. The molecule has 2 rings (SSSR count). The van der Waals surface area contributed by atoms with Crippen LogP contribution in [0.25, 0.3) is 0 Å². The highest BCUT2D eigenvalue weighted by atomic mass is 16.3. The Hall–Kier alpha value is -0.890. The summed E-state index contributed by atoms with van der Waals surface area (Å²) >= 11 is 0. The highest BCUT2D eigenvalue weighted by molar-refractivity contribution is 5.13. The average molecular weight is 191 g/mol.